The third-order valence-electron chi connectivity index (χ3n) is 4.00. The topological polar surface area (TPSA) is 86.5 Å². The molecular weight excluding hydrogens is 346 g/mol. The molecule has 27 heavy (non-hydrogen) atoms. The van der Waals surface area contributed by atoms with Crippen molar-refractivity contribution in [2.45, 2.75) is 13.3 Å². The van der Waals surface area contributed by atoms with Crippen LogP contribution >= 0.6 is 0 Å². The van der Waals surface area contributed by atoms with Crippen molar-refractivity contribution < 1.29 is 18.7 Å². The van der Waals surface area contributed by atoms with Gasteiger partial charge < -0.3 is 13.9 Å². The average Bonchev–Trinajstić information content (AvgIpc) is 3.30. The minimum Gasteiger partial charge on any atom is -0.454 e. The summed E-state index contributed by atoms with van der Waals surface area (Å²) in [6, 6.07) is 13.6. The molecule has 1 aliphatic heterocycles. The number of nitrogens with zero attached hydrogens (tertiary/aromatic N) is 2. The first-order valence-corrected chi connectivity index (χ1v) is 8.42. The smallest absolute Gasteiger partial charge is 0.322 e. The molecule has 1 N–H and O–H groups in total. The number of anilines is 1. The number of hydrogen-bond acceptors (Lipinski definition) is 6. The SMILES string of the molecule is Cc1ccc(Cc2nnc(NC(=O)/C=C/c3ccc4c(c3)OCO4)o2)cc1. The number of carbonyl (C=O) groups is 1. The number of fused-ring (bicyclic) bond motifs is 1. The number of rotatable bonds is 5. The van der Waals surface area contributed by atoms with E-state index < -0.39 is 0 Å². The fraction of sp³-hybridized carbons (Fsp3) is 0.150. The fourth-order valence-electron chi connectivity index (χ4n) is 2.59. The lowest BCUT2D eigenvalue weighted by Crippen LogP contribution is -2.07. The summed E-state index contributed by atoms with van der Waals surface area (Å²) in [5.41, 5.74) is 3.07. The molecule has 0 bridgehead atoms. The summed E-state index contributed by atoms with van der Waals surface area (Å²) in [6.45, 7) is 2.24. The van der Waals surface area contributed by atoms with Crippen molar-refractivity contribution in [3.63, 3.8) is 0 Å². The molecule has 0 fully saturated rings. The summed E-state index contributed by atoms with van der Waals surface area (Å²) < 4.78 is 16.0. The monoisotopic (exact) mass is 363 g/mol. The molecule has 0 saturated heterocycles. The highest BCUT2D eigenvalue weighted by molar-refractivity contribution is 6.00. The van der Waals surface area contributed by atoms with Crippen LogP contribution < -0.4 is 14.8 Å². The molecule has 4 rings (SSSR count). The third-order valence-corrected chi connectivity index (χ3v) is 4.00. The first-order chi connectivity index (χ1) is 13.2. The Bertz CT molecular complexity index is 993. The Hall–Kier alpha value is -3.61. The van der Waals surface area contributed by atoms with E-state index in [0.29, 0.717) is 23.8 Å². The molecule has 0 aliphatic carbocycles. The minimum atomic E-state index is -0.363. The minimum absolute atomic E-state index is 0.0671. The lowest BCUT2D eigenvalue weighted by molar-refractivity contribution is -0.112. The maximum atomic E-state index is 12.0. The number of aryl methyl sites for hydroxylation is 1. The number of carbonyl (C=O) groups excluding carboxylic acids is 1. The number of aromatic nitrogens is 2. The number of amides is 1. The Kier molecular flexibility index (Phi) is 4.57. The first kappa shape index (κ1) is 16.8. The van der Waals surface area contributed by atoms with Gasteiger partial charge in [-0.15, -0.1) is 5.10 Å². The van der Waals surface area contributed by atoms with E-state index in [1.807, 2.05) is 37.3 Å². The van der Waals surface area contributed by atoms with Gasteiger partial charge in [-0.2, -0.15) is 0 Å². The van der Waals surface area contributed by atoms with Gasteiger partial charge >= 0.3 is 6.01 Å². The van der Waals surface area contributed by atoms with Crippen LogP contribution in [-0.2, 0) is 11.2 Å². The Morgan fingerprint density at radius 3 is 2.78 bits per heavy atom. The van der Waals surface area contributed by atoms with E-state index in [9.17, 15) is 4.79 Å². The van der Waals surface area contributed by atoms with Gasteiger partial charge in [0, 0.05) is 6.08 Å². The molecule has 1 aliphatic rings. The molecule has 0 saturated carbocycles. The third kappa shape index (κ3) is 4.14. The Morgan fingerprint density at radius 2 is 1.93 bits per heavy atom. The largest absolute Gasteiger partial charge is 0.454 e. The predicted octanol–water partition coefficient (Wildman–Crippen LogP) is 3.35. The summed E-state index contributed by atoms with van der Waals surface area (Å²) in [4.78, 5) is 12.0. The standard InChI is InChI=1S/C20H17N3O4/c1-13-2-4-15(5-3-13)11-19-22-23-20(27-19)21-18(24)9-7-14-6-8-16-17(10-14)26-12-25-16/h2-10H,11-12H2,1H3,(H,21,23,24)/b9-7+. The molecule has 3 aromatic rings. The van der Waals surface area contributed by atoms with Crippen molar-refractivity contribution in [3.05, 3.63) is 71.1 Å². The molecule has 2 heterocycles. The molecule has 7 heteroatoms. The van der Waals surface area contributed by atoms with Crippen LogP contribution in [0.4, 0.5) is 6.01 Å². The predicted molar refractivity (Wildman–Crippen MR) is 98.5 cm³/mol. The van der Waals surface area contributed by atoms with Crippen molar-refractivity contribution in [1.82, 2.24) is 10.2 Å². The summed E-state index contributed by atoms with van der Waals surface area (Å²) in [5.74, 6) is 1.44. The van der Waals surface area contributed by atoms with Crippen LogP contribution in [0.2, 0.25) is 0 Å². The van der Waals surface area contributed by atoms with Gasteiger partial charge in [-0.25, -0.2) is 0 Å². The molecule has 0 atom stereocenters. The van der Waals surface area contributed by atoms with E-state index in [2.05, 4.69) is 15.5 Å². The Morgan fingerprint density at radius 1 is 1.11 bits per heavy atom. The Labute approximate surface area is 155 Å². The fourth-order valence-corrected chi connectivity index (χ4v) is 2.59. The zero-order valence-corrected chi connectivity index (χ0v) is 14.6. The van der Waals surface area contributed by atoms with Crippen molar-refractivity contribution in [1.29, 1.82) is 0 Å². The number of benzene rings is 2. The summed E-state index contributed by atoms with van der Waals surface area (Å²) in [6.07, 6.45) is 3.57. The molecule has 0 unspecified atom stereocenters. The van der Waals surface area contributed by atoms with Crippen LogP contribution in [0.25, 0.3) is 6.08 Å². The number of hydrogen-bond donors (Lipinski definition) is 1. The molecule has 0 spiro atoms. The number of ether oxygens (including phenoxy) is 2. The van der Waals surface area contributed by atoms with E-state index >= 15 is 0 Å². The number of nitrogens with one attached hydrogen (secondary N) is 1. The molecule has 2 aromatic carbocycles. The van der Waals surface area contributed by atoms with Crippen molar-refractivity contribution in [2.24, 2.45) is 0 Å². The van der Waals surface area contributed by atoms with Gasteiger partial charge in [0.1, 0.15) is 0 Å². The summed E-state index contributed by atoms with van der Waals surface area (Å²) >= 11 is 0. The zero-order valence-electron chi connectivity index (χ0n) is 14.6. The highest BCUT2D eigenvalue weighted by atomic mass is 16.7. The van der Waals surface area contributed by atoms with E-state index in [0.717, 1.165) is 11.1 Å². The van der Waals surface area contributed by atoms with Crippen LogP contribution in [0.1, 0.15) is 22.6 Å². The molecule has 1 aromatic heterocycles. The average molecular weight is 363 g/mol. The van der Waals surface area contributed by atoms with Crippen LogP contribution in [-0.4, -0.2) is 22.9 Å². The normalized spacial score (nSPS) is 12.5. The van der Waals surface area contributed by atoms with Crippen LogP contribution in [0.5, 0.6) is 11.5 Å². The van der Waals surface area contributed by atoms with Crippen LogP contribution in [0, 0.1) is 6.92 Å². The van der Waals surface area contributed by atoms with E-state index in [1.165, 1.54) is 11.6 Å². The second kappa shape index (κ2) is 7.33. The van der Waals surface area contributed by atoms with Gasteiger partial charge in [-0.05, 0) is 36.3 Å². The lowest BCUT2D eigenvalue weighted by atomic mass is 10.1. The maximum Gasteiger partial charge on any atom is 0.322 e. The molecule has 0 radical (unpaired) electrons. The van der Waals surface area contributed by atoms with Crippen LogP contribution in [0.15, 0.2) is 53.0 Å². The second-order valence-electron chi connectivity index (χ2n) is 6.10. The van der Waals surface area contributed by atoms with Crippen molar-refractivity contribution in [3.8, 4) is 11.5 Å². The summed E-state index contributed by atoms with van der Waals surface area (Å²) in [5, 5.41) is 10.4. The van der Waals surface area contributed by atoms with Gasteiger partial charge in [0.15, 0.2) is 11.5 Å². The quantitative estimate of drug-likeness (QED) is 0.700. The van der Waals surface area contributed by atoms with E-state index in [1.54, 1.807) is 18.2 Å². The molecule has 7 nitrogen and oxygen atoms in total. The van der Waals surface area contributed by atoms with E-state index in [4.69, 9.17) is 13.9 Å². The summed E-state index contributed by atoms with van der Waals surface area (Å²) in [7, 11) is 0. The van der Waals surface area contributed by atoms with Gasteiger partial charge in [-0.1, -0.05) is 41.0 Å². The Balaban J connectivity index is 1.35. The van der Waals surface area contributed by atoms with Crippen molar-refractivity contribution >= 4 is 18.0 Å². The first-order valence-electron chi connectivity index (χ1n) is 8.42. The zero-order chi connectivity index (χ0) is 18.6. The lowest BCUT2D eigenvalue weighted by Gasteiger charge is -1.98. The van der Waals surface area contributed by atoms with Gasteiger partial charge in [-0.3, -0.25) is 10.1 Å². The van der Waals surface area contributed by atoms with Gasteiger partial charge in [0.2, 0.25) is 12.7 Å². The highest BCUT2D eigenvalue weighted by Gasteiger charge is 2.13. The maximum absolute atomic E-state index is 12.0. The second-order valence-corrected chi connectivity index (χ2v) is 6.10. The van der Waals surface area contributed by atoms with E-state index in [-0.39, 0.29) is 18.7 Å². The molecule has 136 valence electrons. The molecule has 1 amide bonds. The van der Waals surface area contributed by atoms with Gasteiger partial charge in [0.25, 0.3) is 5.91 Å². The van der Waals surface area contributed by atoms with Crippen LogP contribution in [0.3, 0.4) is 0 Å². The van der Waals surface area contributed by atoms with Gasteiger partial charge in [0.05, 0.1) is 6.42 Å². The molecular formula is C20H17N3O4. The highest BCUT2D eigenvalue weighted by Crippen LogP contribution is 2.32. The van der Waals surface area contributed by atoms with Crippen molar-refractivity contribution in [2.75, 3.05) is 12.1 Å².